The number of aldehydes is 1. The lowest BCUT2D eigenvalue weighted by Crippen LogP contribution is -2.41. The summed E-state index contributed by atoms with van der Waals surface area (Å²) in [6.07, 6.45) is 5.73. The van der Waals surface area contributed by atoms with Crippen molar-refractivity contribution in [3.05, 3.63) is 0 Å². The van der Waals surface area contributed by atoms with Crippen molar-refractivity contribution in [3.63, 3.8) is 0 Å². The number of hydrogen-bond donors (Lipinski definition) is 1. The van der Waals surface area contributed by atoms with Gasteiger partial charge < -0.3 is 10.1 Å². The molecule has 1 rings (SSSR count). The highest BCUT2D eigenvalue weighted by molar-refractivity contribution is 5.75. The Morgan fingerprint density at radius 2 is 2.33 bits per heavy atom. The van der Waals surface area contributed by atoms with Crippen molar-refractivity contribution in [1.29, 1.82) is 0 Å². The number of likely N-dealkylation sites (tertiary alicyclic amines) is 1. The fourth-order valence-electron chi connectivity index (χ4n) is 2.02. The van der Waals surface area contributed by atoms with Crippen molar-refractivity contribution in [2.75, 3.05) is 20.1 Å². The lowest BCUT2D eigenvalue weighted by Gasteiger charge is -2.32. The molecular formula is C11H20N2O2. The van der Waals surface area contributed by atoms with Gasteiger partial charge in [0, 0.05) is 13.5 Å². The highest BCUT2D eigenvalue weighted by atomic mass is 16.1. The average Bonchev–Trinajstić information content (AvgIpc) is 2.29. The van der Waals surface area contributed by atoms with Crippen molar-refractivity contribution in [1.82, 2.24) is 10.2 Å². The Morgan fingerprint density at radius 3 is 3.00 bits per heavy atom. The third kappa shape index (κ3) is 4.00. The predicted octanol–water partition coefficient (Wildman–Crippen LogP) is 0.566. The first-order valence-electron chi connectivity index (χ1n) is 5.68. The van der Waals surface area contributed by atoms with Crippen LogP contribution in [0, 0.1) is 0 Å². The van der Waals surface area contributed by atoms with Crippen LogP contribution in [0.2, 0.25) is 0 Å². The number of carbonyl (C=O) groups excluding carboxylic acids is 2. The van der Waals surface area contributed by atoms with E-state index in [2.05, 4.69) is 10.2 Å². The molecule has 86 valence electrons. The zero-order valence-electron chi connectivity index (χ0n) is 9.37. The monoisotopic (exact) mass is 212 g/mol. The van der Waals surface area contributed by atoms with Crippen LogP contribution in [0.15, 0.2) is 0 Å². The molecule has 0 spiro atoms. The first-order valence-corrected chi connectivity index (χ1v) is 5.68. The molecule has 4 nitrogen and oxygen atoms in total. The maximum absolute atomic E-state index is 11.0. The highest BCUT2D eigenvalue weighted by Gasteiger charge is 2.20. The number of piperidine rings is 1. The average molecular weight is 212 g/mol. The van der Waals surface area contributed by atoms with Crippen LogP contribution in [0.3, 0.4) is 0 Å². The molecule has 4 heteroatoms. The molecule has 0 aromatic rings. The quantitative estimate of drug-likeness (QED) is 0.678. The van der Waals surface area contributed by atoms with Gasteiger partial charge in [-0.05, 0) is 32.4 Å². The third-order valence-corrected chi connectivity index (χ3v) is 2.95. The minimum Gasteiger partial charge on any atom is -0.359 e. The summed E-state index contributed by atoms with van der Waals surface area (Å²) in [4.78, 5) is 24.0. The Hall–Kier alpha value is -0.900. The molecular weight excluding hydrogens is 192 g/mol. The maximum Gasteiger partial charge on any atom is 0.219 e. The minimum atomic E-state index is 0.0784. The van der Waals surface area contributed by atoms with Gasteiger partial charge in [-0.25, -0.2) is 0 Å². The topological polar surface area (TPSA) is 49.4 Å². The van der Waals surface area contributed by atoms with E-state index in [1.807, 2.05) is 0 Å². The molecule has 1 amide bonds. The van der Waals surface area contributed by atoms with Crippen LogP contribution in [-0.2, 0) is 9.59 Å². The molecule has 1 aliphatic rings. The number of nitrogens with zero attached hydrogens (tertiary/aromatic N) is 1. The Balaban J connectivity index is 2.23. The van der Waals surface area contributed by atoms with E-state index in [4.69, 9.17) is 0 Å². The predicted molar refractivity (Wildman–Crippen MR) is 58.6 cm³/mol. The highest BCUT2D eigenvalue weighted by Crippen LogP contribution is 2.15. The molecule has 0 bridgehead atoms. The van der Waals surface area contributed by atoms with Crippen molar-refractivity contribution < 1.29 is 9.59 Å². The largest absolute Gasteiger partial charge is 0.359 e. The van der Waals surface area contributed by atoms with Gasteiger partial charge in [-0.15, -0.1) is 0 Å². The third-order valence-electron chi connectivity index (χ3n) is 2.95. The van der Waals surface area contributed by atoms with Crippen molar-refractivity contribution in [2.45, 2.75) is 38.1 Å². The summed E-state index contributed by atoms with van der Waals surface area (Å²) in [6, 6.07) is 0.0865. The molecule has 1 heterocycles. The van der Waals surface area contributed by atoms with Crippen molar-refractivity contribution >= 4 is 12.2 Å². The van der Waals surface area contributed by atoms with Gasteiger partial charge in [-0.2, -0.15) is 0 Å². The molecule has 0 aliphatic carbocycles. The van der Waals surface area contributed by atoms with E-state index < -0.39 is 0 Å². The van der Waals surface area contributed by atoms with Gasteiger partial charge in [0.1, 0.15) is 6.29 Å². The number of hydrogen-bond acceptors (Lipinski definition) is 3. The summed E-state index contributed by atoms with van der Waals surface area (Å²) < 4.78 is 0. The van der Waals surface area contributed by atoms with Crippen LogP contribution in [0.4, 0.5) is 0 Å². The summed E-state index contributed by atoms with van der Waals surface area (Å²) in [7, 11) is 1.65. The van der Waals surface area contributed by atoms with Gasteiger partial charge in [0.25, 0.3) is 0 Å². The molecule has 1 aliphatic heterocycles. The van der Waals surface area contributed by atoms with E-state index in [0.29, 0.717) is 6.42 Å². The fourth-order valence-corrected chi connectivity index (χ4v) is 2.02. The van der Waals surface area contributed by atoms with Crippen LogP contribution in [-0.4, -0.2) is 43.3 Å². The molecule has 0 radical (unpaired) electrons. The smallest absolute Gasteiger partial charge is 0.219 e. The van der Waals surface area contributed by atoms with Crippen LogP contribution >= 0.6 is 0 Å². The Labute approximate surface area is 91.0 Å². The first-order chi connectivity index (χ1) is 7.27. The van der Waals surface area contributed by atoms with E-state index in [1.165, 1.54) is 6.42 Å². The van der Waals surface area contributed by atoms with Crippen LogP contribution in [0.5, 0.6) is 0 Å². The van der Waals surface area contributed by atoms with E-state index in [-0.39, 0.29) is 11.9 Å². The summed E-state index contributed by atoms with van der Waals surface area (Å²) in [5, 5.41) is 2.60. The van der Waals surface area contributed by atoms with Gasteiger partial charge in [0.15, 0.2) is 0 Å². The van der Waals surface area contributed by atoms with Gasteiger partial charge in [0.05, 0.1) is 6.04 Å². The second kappa shape index (κ2) is 6.56. The van der Waals surface area contributed by atoms with E-state index in [1.54, 1.807) is 7.05 Å². The SMILES string of the molecule is CNC(=O)CCCN1CCCCC1C=O. The lowest BCUT2D eigenvalue weighted by atomic mass is 10.0. The molecule has 1 N–H and O–H groups in total. The molecule has 1 fully saturated rings. The molecule has 0 aromatic heterocycles. The Morgan fingerprint density at radius 1 is 1.53 bits per heavy atom. The van der Waals surface area contributed by atoms with Crippen LogP contribution in [0.1, 0.15) is 32.1 Å². The number of nitrogens with one attached hydrogen (secondary N) is 1. The first kappa shape index (κ1) is 12.2. The summed E-state index contributed by atoms with van der Waals surface area (Å²) >= 11 is 0. The molecule has 15 heavy (non-hydrogen) atoms. The standard InChI is InChI=1S/C11H20N2O2/c1-12-11(15)6-4-8-13-7-3-2-5-10(13)9-14/h9-10H,2-8H2,1H3,(H,12,15). The van der Waals surface area contributed by atoms with Gasteiger partial charge >= 0.3 is 0 Å². The van der Waals surface area contributed by atoms with E-state index >= 15 is 0 Å². The van der Waals surface area contributed by atoms with Gasteiger partial charge in [0.2, 0.25) is 5.91 Å². The molecule has 1 atom stereocenters. The second-order valence-corrected chi connectivity index (χ2v) is 4.01. The lowest BCUT2D eigenvalue weighted by molar-refractivity contribution is -0.120. The zero-order chi connectivity index (χ0) is 11.1. The normalized spacial score (nSPS) is 22.3. The van der Waals surface area contributed by atoms with Crippen molar-refractivity contribution in [3.8, 4) is 0 Å². The fraction of sp³-hybridized carbons (Fsp3) is 0.818. The second-order valence-electron chi connectivity index (χ2n) is 4.01. The number of amides is 1. The zero-order valence-corrected chi connectivity index (χ0v) is 9.37. The maximum atomic E-state index is 11.0. The molecule has 0 aromatic carbocycles. The summed E-state index contributed by atoms with van der Waals surface area (Å²) in [5.74, 6) is 0.0784. The Bertz CT molecular complexity index is 219. The van der Waals surface area contributed by atoms with Crippen LogP contribution < -0.4 is 5.32 Å². The van der Waals surface area contributed by atoms with Gasteiger partial charge in [-0.1, -0.05) is 6.42 Å². The molecule has 1 unspecified atom stereocenters. The molecule has 0 saturated carbocycles. The van der Waals surface area contributed by atoms with Gasteiger partial charge in [-0.3, -0.25) is 9.69 Å². The van der Waals surface area contributed by atoms with E-state index in [0.717, 1.165) is 38.6 Å². The number of rotatable bonds is 5. The number of carbonyl (C=O) groups is 2. The summed E-state index contributed by atoms with van der Waals surface area (Å²) in [6.45, 7) is 1.86. The summed E-state index contributed by atoms with van der Waals surface area (Å²) in [5.41, 5.74) is 0. The van der Waals surface area contributed by atoms with Crippen LogP contribution in [0.25, 0.3) is 0 Å². The van der Waals surface area contributed by atoms with Crippen molar-refractivity contribution in [2.24, 2.45) is 0 Å². The Kier molecular flexibility index (Phi) is 5.32. The molecule has 1 saturated heterocycles. The minimum absolute atomic E-state index is 0.0784. The van der Waals surface area contributed by atoms with E-state index in [9.17, 15) is 9.59 Å².